The van der Waals surface area contributed by atoms with Crippen molar-refractivity contribution >= 4 is 5.96 Å². The molecule has 1 spiro atoms. The van der Waals surface area contributed by atoms with Crippen LogP contribution in [0.1, 0.15) is 17.5 Å². The minimum Gasteiger partial charge on any atom is -0.370 e. The molecule has 0 bridgehead atoms. The van der Waals surface area contributed by atoms with Gasteiger partial charge in [0, 0.05) is 18.0 Å². The van der Waals surface area contributed by atoms with Crippen LogP contribution in [0.4, 0.5) is 0 Å². The Balaban J connectivity index is 1.72. The third kappa shape index (κ3) is 2.07. The van der Waals surface area contributed by atoms with Gasteiger partial charge in [-0.15, -0.1) is 0 Å². The van der Waals surface area contributed by atoms with Crippen LogP contribution in [0.5, 0.6) is 0 Å². The molecule has 1 aliphatic heterocycles. The number of hydrogen-bond donors (Lipinski definition) is 2. The molecule has 106 valence electrons. The Hall–Kier alpha value is -2.36. The van der Waals surface area contributed by atoms with Crippen LogP contribution in [0.15, 0.2) is 47.7 Å². The largest absolute Gasteiger partial charge is 0.370 e. The Morgan fingerprint density at radius 1 is 1.19 bits per heavy atom. The number of aliphatic imine (C=N–C) groups is 1. The molecule has 4 nitrogen and oxygen atoms in total. The van der Waals surface area contributed by atoms with Gasteiger partial charge in [-0.2, -0.15) is 0 Å². The number of rotatable bonds is 1. The predicted octanol–water partition coefficient (Wildman–Crippen LogP) is 1.89. The molecule has 0 amide bonds. The lowest BCUT2D eigenvalue weighted by molar-refractivity contribution is 0.362. The first-order valence-electron chi connectivity index (χ1n) is 7.35. The molecule has 1 aliphatic carbocycles. The van der Waals surface area contributed by atoms with Crippen molar-refractivity contribution in [3.63, 3.8) is 0 Å². The Bertz CT molecular complexity index is 708. The van der Waals surface area contributed by atoms with Crippen molar-refractivity contribution in [3.8, 4) is 11.1 Å². The van der Waals surface area contributed by atoms with Gasteiger partial charge in [0.05, 0.1) is 12.1 Å². The Morgan fingerprint density at radius 3 is 2.90 bits per heavy atom. The van der Waals surface area contributed by atoms with Crippen molar-refractivity contribution in [3.05, 3.63) is 53.9 Å². The van der Waals surface area contributed by atoms with E-state index >= 15 is 0 Å². The van der Waals surface area contributed by atoms with Gasteiger partial charge in [-0.1, -0.05) is 24.3 Å². The fourth-order valence-corrected chi connectivity index (χ4v) is 3.53. The normalized spacial score (nSPS) is 23.5. The van der Waals surface area contributed by atoms with Gasteiger partial charge in [-0.3, -0.25) is 9.98 Å². The number of nitrogens with two attached hydrogens (primary N) is 1. The summed E-state index contributed by atoms with van der Waals surface area (Å²) in [5.41, 5.74) is 11.2. The molecule has 1 aromatic carbocycles. The summed E-state index contributed by atoms with van der Waals surface area (Å²) in [4.78, 5) is 8.58. The zero-order chi connectivity index (χ0) is 14.3. The molecule has 4 heteroatoms. The van der Waals surface area contributed by atoms with Gasteiger partial charge in [-0.05, 0) is 42.0 Å². The average molecular weight is 278 g/mol. The van der Waals surface area contributed by atoms with E-state index in [-0.39, 0.29) is 5.54 Å². The van der Waals surface area contributed by atoms with E-state index in [0.29, 0.717) is 5.96 Å². The molecule has 0 radical (unpaired) electrons. The number of nitrogens with one attached hydrogen (secondary N) is 1. The first kappa shape index (κ1) is 12.4. The third-order valence-corrected chi connectivity index (χ3v) is 4.57. The molecular formula is C17H18N4. The lowest BCUT2D eigenvalue weighted by Gasteiger charge is -2.35. The topological polar surface area (TPSA) is 63.3 Å². The molecule has 2 aliphatic rings. The van der Waals surface area contributed by atoms with E-state index in [2.05, 4.69) is 39.6 Å². The average Bonchev–Trinajstić information content (AvgIpc) is 2.88. The number of guanidine groups is 1. The lowest BCUT2D eigenvalue weighted by atomic mass is 9.76. The third-order valence-electron chi connectivity index (χ3n) is 4.57. The number of aromatic nitrogens is 1. The number of pyridine rings is 1. The highest BCUT2D eigenvalue weighted by molar-refractivity contribution is 5.81. The summed E-state index contributed by atoms with van der Waals surface area (Å²) in [7, 11) is 0. The summed E-state index contributed by atoms with van der Waals surface area (Å²) in [5.74, 6) is 0.585. The van der Waals surface area contributed by atoms with Crippen LogP contribution < -0.4 is 11.1 Å². The molecule has 0 saturated heterocycles. The van der Waals surface area contributed by atoms with Gasteiger partial charge in [0.25, 0.3) is 0 Å². The van der Waals surface area contributed by atoms with Crippen molar-refractivity contribution in [1.29, 1.82) is 0 Å². The maximum atomic E-state index is 5.81. The van der Waals surface area contributed by atoms with Crippen molar-refractivity contribution in [2.75, 3.05) is 6.54 Å². The molecule has 1 aromatic heterocycles. The molecule has 3 N–H and O–H groups in total. The quantitative estimate of drug-likeness (QED) is 0.837. The molecule has 1 atom stereocenters. The Morgan fingerprint density at radius 2 is 2.14 bits per heavy atom. The van der Waals surface area contributed by atoms with Crippen LogP contribution in [0.3, 0.4) is 0 Å². The van der Waals surface area contributed by atoms with Crippen LogP contribution in [0, 0.1) is 0 Å². The number of nitrogens with zero attached hydrogens (tertiary/aromatic N) is 2. The van der Waals surface area contributed by atoms with E-state index in [4.69, 9.17) is 5.73 Å². The van der Waals surface area contributed by atoms with Crippen molar-refractivity contribution in [1.82, 2.24) is 10.3 Å². The minimum atomic E-state index is 0.0324. The summed E-state index contributed by atoms with van der Waals surface area (Å²) < 4.78 is 0. The standard InChI is InChI=1S/C17H18N4/c18-16-20-11-17(21-16)7-6-15-12(9-17)3-1-5-14(15)13-4-2-8-19-10-13/h1-5,8,10H,6-7,9,11H2,(H3,18,20,21). The first-order chi connectivity index (χ1) is 10.3. The van der Waals surface area contributed by atoms with E-state index < -0.39 is 0 Å². The summed E-state index contributed by atoms with van der Waals surface area (Å²) in [5, 5.41) is 3.38. The highest BCUT2D eigenvalue weighted by Gasteiger charge is 2.38. The molecule has 21 heavy (non-hydrogen) atoms. The first-order valence-corrected chi connectivity index (χ1v) is 7.35. The van der Waals surface area contributed by atoms with E-state index in [9.17, 15) is 0 Å². The molecule has 2 heterocycles. The van der Waals surface area contributed by atoms with Gasteiger partial charge in [-0.25, -0.2) is 0 Å². The fourth-order valence-electron chi connectivity index (χ4n) is 3.53. The van der Waals surface area contributed by atoms with E-state index in [1.807, 2.05) is 18.5 Å². The maximum Gasteiger partial charge on any atom is 0.189 e. The summed E-state index contributed by atoms with van der Waals surface area (Å²) in [6.07, 6.45) is 6.86. The molecule has 0 saturated carbocycles. The zero-order valence-electron chi connectivity index (χ0n) is 11.8. The lowest BCUT2D eigenvalue weighted by Crippen LogP contribution is -2.51. The highest BCUT2D eigenvalue weighted by Crippen LogP contribution is 2.36. The Labute approximate surface area is 124 Å². The summed E-state index contributed by atoms with van der Waals surface area (Å²) in [6.45, 7) is 0.787. The summed E-state index contributed by atoms with van der Waals surface area (Å²) in [6, 6.07) is 10.7. The van der Waals surface area contributed by atoms with Gasteiger partial charge in [0.1, 0.15) is 0 Å². The predicted molar refractivity (Wildman–Crippen MR) is 84.1 cm³/mol. The Kier molecular flexibility index (Phi) is 2.70. The molecule has 1 unspecified atom stereocenters. The van der Waals surface area contributed by atoms with Gasteiger partial charge < -0.3 is 11.1 Å². The second-order valence-corrected chi connectivity index (χ2v) is 5.97. The van der Waals surface area contributed by atoms with Gasteiger partial charge in [0.15, 0.2) is 5.96 Å². The zero-order valence-corrected chi connectivity index (χ0v) is 11.8. The molecular weight excluding hydrogens is 260 g/mol. The minimum absolute atomic E-state index is 0.0324. The van der Waals surface area contributed by atoms with Crippen LogP contribution >= 0.6 is 0 Å². The van der Waals surface area contributed by atoms with Crippen LogP contribution in [0.2, 0.25) is 0 Å². The second-order valence-electron chi connectivity index (χ2n) is 5.97. The summed E-state index contributed by atoms with van der Waals surface area (Å²) >= 11 is 0. The van der Waals surface area contributed by atoms with Crippen LogP contribution in [-0.4, -0.2) is 23.0 Å². The smallest absolute Gasteiger partial charge is 0.189 e. The van der Waals surface area contributed by atoms with E-state index in [0.717, 1.165) is 25.8 Å². The molecule has 2 aromatic rings. The SMILES string of the molecule is NC1=NCC2(CCc3c(cccc3-c3cccnc3)C2)N1. The fraction of sp³-hybridized carbons (Fsp3) is 0.294. The number of fused-ring (bicyclic) bond motifs is 1. The van der Waals surface area contributed by atoms with Crippen molar-refractivity contribution in [2.24, 2.45) is 10.7 Å². The number of benzene rings is 1. The van der Waals surface area contributed by atoms with E-state index in [1.54, 1.807) is 0 Å². The van der Waals surface area contributed by atoms with Crippen molar-refractivity contribution < 1.29 is 0 Å². The van der Waals surface area contributed by atoms with Gasteiger partial charge in [0.2, 0.25) is 0 Å². The molecule has 0 fully saturated rings. The second kappa shape index (κ2) is 4.58. The van der Waals surface area contributed by atoms with Crippen LogP contribution in [-0.2, 0) is 12.8 Å². The van der Waals surface area contributed by atoms with Gasteiger partial charge >= 0.3 is 0 Å². The van der Waals surface area contributed by atoms with Crippen molar-refractivity contribution in [2.45, 2.75) is 24.8 Å². The monoisotopic (exact) mass is 278 g/mol. The van der Waals surface area contributed by atoms with Crippen LogP contribution in [0.25, 0.3) is 11.1 Å². The number of hydrogen-bond acceptors (Lipinski definition) is 4. The highest BCUT2D eigenvalue weighted by atomic mass is 15.2. The maximum absolute atomic E-state index is 5.81. The molecule has 4 rings (SSSR count). The van der Waals surface area contributed by atoms with E-state index in [1.165, 1.54) is 22.3 Å².